The molecule has 1 amide bonds. The van der Waals surface area contributed by atoms with Gasteiger partial charge >= 0.3 is 5.97 Å². The van der Waals surface area contributed by atoms with Crippen LogP contribution in [0.25, 0.3) is 0 Å². The smallest absolute Gasteiger partial charge is 0.305 e. The first-order valence-corrected chi connectivity index (χ1v) is 6.55. The van der Waals surface area contributed by atoms with Crippen molar-refractivity contribution in [3.63, 3.8) is 0 Å². The second-order valence-electron chi connectivity index (χ2n) is 4.97. The summed E-state index contributed by atoms with van der Waals surface area (Å²) in [4.78, 5) is 26.6. The molecular formula is C14H18N2O3. The predicted molar refractivity (Wildman–Crippen MR) is 69.5 cm³/mol. The van der Waals surface area contributed by atoms with E-state index in [1.165, 1.54) is 0 Å². The number of aromatic nitrogens is 1. The maximum atomic E-state index is 11.8. The highest BCUT2D eigenvalue weighted by atomic mass is 16.4. The van der Waals surface area contributed by atoms with Crippen LogP contribution in [-0.4, -0.2) is 28.0 Å². The molecule has 19 heavy (non-hydrogen) atoms. The summed E-state index contributed by atoms with van der Waals surface area (Å²) < 4.78 is 0. The van der Waals surface area contributed by atoms with Gasteiger partial charge in [0, 0.05) is 24.9 Å². The average Bonchev–Trinajstić information content (AvgIpc) is 3.20. The largest absolute Gasteiger partial charge is 0.481 e. The summed E-state index contributed by atoms with van der Waals surface area (Å²) in [7, 11) is 0. The molecule has 1 aromatic heterocycles. The third kappa shape index (κ3) is 4.69. The Balaban J connectivity index is 1.77. The molecule has 0 aromatic carbocycles. The summed E-state index contributed by atoms with van der Waals surface area (Å²) >= 11 is 0. The average molecular weight is 262 g/mol. The number of pyridine rings is 1. The van der Waals surface area contributed by atoms with E-state index >= 15 is 0 Å². The first-order chi connectivity index (χ1) is 9.15. The number of hydrogen-bond acceptors (Lipinski definition) is 3. The van der Waals surface area contributed by atoms with Crippen LogP contribution in [0.1, 0.15) is 31.2 Å². The van der Waals surface area contributed by atoms with E-state index < -0.39 is 5.97 Å². The Labute approximate surface area is 112 Å². The Morgan fingerprint density at radius 3 is 2.84 bits per heavy atom. The van der Waals surface area contributed by atoms with Gasteiger partial charge in [-0.1, -0.05) is 6.07 Å². The van der Waals surface area contributed by atoms with Gasteiger partial charge in [-0.2, -0.15) is 0 Å². The van der Waals surface area contributed by atoms with Crippen molar-refractivity contribution < 1.29 is 14.7 Å². The molecule has 0 saturated heterocycles. The van der Waals surface area contributed by atoms with E-state index in [2.05, 4.69) is 10.3 Å². The number of carboxylic acids is 1. The summed E-state index contributed by atoms with van der Waals surface area (Å²) in [6.07, 6.45) is 6.48. The van der Waals surface area contributed by atoms with Crippen LogP contribution >= 0.6 is 0 Å². The Bertz CT molecular complexity index is 443. The number of hydrogen-bond donors (Lipinski definition) is 2. The van der Waals surface area contributed by atoms with Crippen LogP contribution in [0, 0.1) is 5.92 Å². The van der Waals surface area contributed by atoms with Crippen LogP contribution in [0.2, 0.25) is 0 Å². The van der Waals surface area contributed by atoms with Crippen LogP contribution in [0.5, 0.6) is 0 Å². The Kier molecular flexibility index (Phi) is 4.49. The Morgan fingerprint density at radius 1 is 1.47 bits per heavy atom. The van der Waals surface area contributed by atoms with Crippen LogP contribution in [0.3, 0.4) is 0 Å². The van der Waals surface area contributed by atoms with Gasteiger partial charge in [-0.15, -0.1) is 0 Å². The fourth-order valence-corrected chi connectivity index (χ4v) is 2.11. The molecule has 5 heteroatoms. The summed E-state index contributed by atoms with van der Waals surface area (Å²) in [5.74, 6) is -0.593. The van der Waals surface area contributed by atoms with Crippen LogP contribution in [0.4, 0.5) is 0 Å². The lowest BCUT2D eigenvalue weighted by molar-refractivity contribution is -0.137. The van der Waals surface area contributed by atoms with Gasteiger partial charge in [-0.25, -0.2) is 0 Å². The van der Waals surface area contributed by atoms with Gasteiger partial charge in [0.05, 0.1) is 6.42 Å². The van der Waals surface area contributed by atoms with E-state index in [-0.39, 0.29) is 18.4 Å². The van der Waals surface area contributed by atoms with E-state index in [0.717, 1.165) is 18.4 Å². The fraction of sp³-hybridized carbons (Fsp3) is 0.500. The Morgan fingerprint density at radius 2 is 2.26 bits per heavy atom. The SMILES string of the molecule is O=C(O)CC(NC(=O)CCc1cccnc1)C1CC1. The zero-order valence-electron chi connectivity index (χ0n) is 10.7. The molecule has 1 aliphatic rings. The molecule has 2 N–H and O–H groups in total. The molecule has 0 radical (unpaired) electrons. The zero-order chi connectivity index (χ0) is 13.7. The molecule has 1 fully saturated rings. The number of rotatable bonds is 7. The van der Waals surface area contributed by atoms with E-state index in [1.807, 2.05) is 12.1 Å². The molecular weight excluding hydrogens is 244 g/mol. The molecule has 0 bridgehead atoms. The van der Waals surface area contributed by atoms with Gasteiger partial charge in [0.1, 0.15) is 0 Å². The normalized spacial score (nSPS) is 15.8. The van der Waals surface area contributed by atoms with Crippen molar-refractivity contribution in [1.82, 2.24) is 10.3 Å². The van der Waals surface area contributed by atoms with Crippen LogP contribution in [0.15, 0.2) is 24.5 Å². The molecule has 1 unspecified atom stereocenters. The highest BCUT2D eigenvalue weighted by Gasteiger charge is 2.33. The number of nitrogens with zero attached hydrogens (tertiary/aromatic N) is 1. The van der Waals surface area contributed by atoms with E-state index in [1.54, 1.807) is 12.4 Å². The van der Waals surface area contributed by atoms with Crippen LogP contribution in [-0.2, 0) is 16.0 Å². The zero-order valence-corrected chi connectivity index (χ0v) is 10.7. The van der Waals surface area contributed by atoms with Gasteiger partial charge < -0.3 is 10.4 Å². The van der Waals surface area contributed by atoms with E-state index in [9.17, 15) is 9.59 Å². The molecule has 2 rings (SSSR count). The van der Waals surface area contributed by atoms with Gasteiger partial charge in [-0.05, 0) is 36.8 Å². The lowest BCUT2D eigenvalue weighted by Gasteiger charge is -2.16. The van der Waals surface area contributed by atoms with Crippen molar-refractivity contribution in [3.05, 3.63) is 30.1 Å². The van der Waals surface area contributed by atoms with E-state index in [0.29, 0.717) is 18.8 Å². The second-order valence-corrected chi connectivity index (χ2v) is 4.97. The van der Waals surface area contributed by atoms with Gasteiger partial charge in [0.15, 0.2) is 0 Å². The maximum Gasteiger partial charge on any atom is 0.305 e. The van der Waals surface area contributed by atoms with Crippen molar-refractivity contribution in [2.45, 2.75) is 38.1 Å². The van der Waals surface area contributed by atoms with E-state index in [4.69, 9.17) is 5.11 Å². The van der Waals surface area contributed by atoms with Crippen molar-refractivity contribution in [2.24, 2.45) is 5.92 Å². The molecule has 1 aromatic rings. The standard InChI is InChI=1S/C14H18N2O3/c17-13(6-3-10-2-1-7-15-9-10)16-12(8-14(18)19)11-4-5-11/h1-2,7,9,11-12H,3-6,8H2,(H,16,17)(H,18,19). The van der Waals surface area contributed by atoms with Gasteiger partial charge in [0.2, 0.25) is 5.91 Å². The van der Waals surface area contributed by atoms with Crippen molar-refractivity contribution in [3.8, 4) is 0 Å². The fourth-order valence-electron chi connectivity index (χ4n) is 2.11. The lowest BCUT2D eigenvalue weighted by Crippen LogP contribution is -2.38. The molecule has 1 atom stereocenters. The quantitative estimate of drug-likeness (QED) is 0.778. The third-order valence-corrected chi connectivity index (χ3v) is 3.30. The molecule has 1 saturated carbocycles. The molecule has 5 nitrogen and oxygen atoms in total. The van der Waals surface area contributed by atoms with Crippen LogP contribution < -0.4 is 5.32 Å². The highest BCUT2D eigenvalue weighted by Crippen LogP contribution is 2.34. The molecule has 0 spiro atoms. The molecule has 0 aliphatic heterocycles. The first kappa shape index (κ1) is 13.5. The molecule has 1 heterocycles. The molecule has 102 valence electrons. The molecule has 1 aliphatic carbocycles. The van der Waals surface area contributed by atoms with Crippen molar-refractivity contribution in [2.75, 3.05) is 0 Å². The number of aliphatic carboxylic acids is 1. The monoisotopic (exact) mass is 262 g/mol. The first-order valence-electron chi connectivity index (χ1n) is 6.55. The van der Waals surface area contributed by atoms with Gasteiger partial charge in [-0.3, -0.25) is 14.6 Å². The van der Waals surface area contributed by atoms with Crippen molar-refractivity contribution in [1.29, 1.82) is 0 Å². The minimum atomic E-state index is -0.857. The highest BCUT2D eigenvalue weighted by molar-refractivity contribution is 5.77. The minimum absolute atomic E-state index is 0.0172. The third-order valence-electron chi connectivity index (χ3n) is 3.30. The Hall–Kier alpha value is -1.91. The summed E-state index contributed by atoms with van der Waals surface area (Å²) in [5.41, 5.74) is 1.01. The lowest BCUT2D eigenvalue weighted by atomic mass is 10.1. The number of nitrogens with one attached hydrogen (secondary N) is 1. The summed E-state index contributed by atoms with van der Waals surface area (Å²) in [6, 6.07) is 3.56. The second kappa shape index (κ2) is 6.31. The van der Waals surface area contributed by atoms with Gasteiger partial charge in [0.25, 0.3) is 0 Å². The summed E-state index contributed by atoms with van der Waals surface area (Å²) in [6.45, 7) is 0. The number of carboxylic acid groups (broad SMARTS) is 1. The maximum absolute atomic E-state index is 11.8. The number of carbonyl (C=O) groups is 2. The van der Waals surface area contributed by atoms with Crippen molar-refractivity contribution >= 4 is 11.9 Å². The topological polar surface area (TPSA) is 79.3 Å². The number of aryl methyl sites for hydroxylation is 1. The predicted octanol–water partition coefficient (Wildman–Crippen LogP) is 1.38. The summed E-state index contributed by atoms with van der Waals surface area (Å²) in [5, 5.41) is 11.7. The number of amides is 1. The minimum Gasteiger partial charge on any atom is -0.481 e. The number of carbonyl (C=O) groups excluding carboxylic acids is 1.